The number of carbonyl (C=O) groups excluding carboxylic acids is 1. The lowest BCUT2D eigenvalue weighted by atomic mass is 10.2. The molecule has 0 bridgehead atoms. The van der Waals surface area contributed by atoms with E-state index >= 15 is 0 Å². The van der Waals surface area contributed by atoms with E-state index in [1.807, 2.05) is 0 Å². The van der Waals surface area contributed by atoms with Gasteiger partial charge < -0.3 is 19.5 Å². The van der Waals surface area contributed by atoms with Gasteiger partial charge in [0.1, 0.15) is 0 Å². The SMILES string of the molecule is COc1cc(Cl)c(CNC(=O)COc2c(Cl)cc(Cl)cc2Br)cc1OC. The highest BCUT2D eigenvalue weighted by Crippen LogP contribution is 2.36. The molecule has 0 fully saturated rings. The molecule has 0 saturated heterocycles. The van der Waals surface area contributed by atoms with E-state index in [1.54, 1.807) is 18.2 Å². The molecule has 9 heteroatoms. The first-order valence-corrected chi connectivity index (χ1v) is 9.22. The minimum Gasteiger partial charge on any atom is -0.493 e. The number of carbonyl (C=O) groups is 1. The summed E-state index contributed by atoms with van der Waals surface area (Å²) in [5.41, 5.74) is 0.684. The lowest BCUT2D eigenvalue weighted by molar-refractivity contribution is -0.123. The molecule has 0 saturated carbocycles. The summed E-state index contributed by atoms with van der Waals surface area (Å²) in [5, 5.41) is 3.94. The summed E-state index contributed by atoms with van der Waals surface area (Å²) in [6, 6.07) is 6.49. The summed E-state index contributed by atoms with van der Waals surface area (Å²) in [5.74, 6) is 1.04. The van der Waals surface area contributed by atoms with E-state index in [0.717, 1.165) is 0 Å². The van der Waals surface area contributed by atoms with Crippen LogP contribution < -0.4 is 19.5 Å². The van der Waals surface area contributed by atoms with Gasteiger partial charge in [0.2, 0.25) is 0 Å². The molecule has 0 unspecified atom stereocenters. The van der Waals surface area contributed by atoms with Crippen molar-refractivity contribution in [1.29, 1.82) is 0 Å². The summed E-state index contributed by atoms with van der Waals surface area (Å²) in [4.78, 5) is 12.0. The highest BCUT2D eigenvalue weighted by Gasteiger charge is 2.13. The fourth-order valence-electron chi connectivity index (χ4n) is 2.08. The number of amides is 1. The summed E-state index contributed by atoms with van der Waals surface area (Å²) in [6.45, 7) is -0.0121. The minimum atomic E-state index is -0.339. The number of methoxy groups -OCH3 is 2. The van der Waals surface area contributed by atoms with E-state index in [2.05, 4.69) is 21.2 Å². The Kier molecular flexibility index (Phi) is 7.70. The van der Waals surface area contributed by atoms with Gasteiger partial charge in [-0.05, 0) is 39.7 Å². The van der Waals surface area contributed by atoms with Crippen LogP contribution in [0.4, 0.5) is 0 Å². The Morgan fingerprint density at radius 2 is 1.69 bits per heavy atom. The quantitative estimate of drug-likeness (QED) is 0.594. The molecule has 2 aromatic carbocycles. The molecule has 2 aromatic rings. The normalized spacial score (nSPS) is 10.4. The van der Waals surface area contributed by atoms with Crippen LogP contribution in [-0.4, -0.2) is 26.7 Å². The molecule has 1 amide bonds. The molecule has 2 rings (SSSR count). The molecule has 26 heavy (non-hydrogen) atoms. The summed E-state index contributed by atoms with van der Waals surface area (Å²) in [6.07, 6.45) is 0. The molecule has 0 radical (unpaired) electrons. The number of ether oxygens (including phenoxy) is 3. The number of hydrogen-bond donors (Lipinski definition) is 1. The van der Waals surface area contributed by atoms with Crippen LogP contribution in [0.5, 0.6) is 17.2 Å². The summed E-state index contributed by atoms with van der Waals surface area (Å²) >= 11 is 21.4. The molecule has 1 N–H and O–H groups in total. The number of halogens is 4. The van der Waals surface area contributed by atoms with Gasteiger partial charge in [-0.25, -0.2) is 0 Å². The van der Waals surface area contributed by atoms with Crippen molar-refractivity contribution in [3.8, 4) is 17.2 Å². The Morgan fingerprint density at radius 1 is 1.04 bits per heavy atom. The van der Waals surface area contributed by atoms with E-state index in [1.165, 1.54) is 20.3 Å². The molecule has 0 aliphatic heterocycles. The Labute approximate surface area is 174 Å². The fourth-order valence-corrected chi connectivity index (χ4v) is 3.67. The zero-order valence-electron chi connectivity index (χ0n) is 13.9. The first kappa shape index (κ1) is 21.0. The van der Waals surface area contributed by atoms with Crippen LogP contribution in [0.1, 0.15) is 5.56 Å². The summed E-state index contributed by atoms with van der Waals surface area (Å²) < 4.78 is 16.4. The van der Waals surface area contributed by atoms with Gasteiger partial charge in [-0.3, -0.25) is 4.79 Å². The Hall–Kier alpha value is -1.34. The van der Waals surface area contributed by atoms with Crippen LogP contribution in [0.25, 0.3) is 0 Å². The van der Waals surface area contributed by atoms with Gasteiger partial charge in [-0.2, -0.15) is 0 Å². The number of nitrogens with one attached hydrogen (secondary N) is 1. The standard InChI is InChI=1S/C17H15BrCl3NO4/c1-24-14-3-9(12(20)6-15(14)25-2)7-22-16(23)8-26-17-11(18)4-10(19)5-13(17)21/h3-6H,7-8H2,1-2H3,(H,22,23). The van der Waals surface area contributed by atoms with Gasteiger partial charge in [-0.15, -0.1) is 0 Å². The Morgan fingerprint density at radius 3 is 2.31 bits per heavy atom. The van der Waals surface area contributed by atoms with Gasteiger partial charge >= 0.3 is 0 Å². The van der Waals surface area contributed by atoms with Crippen molar-refractivity contribution in [2.24, 2.45) is 0 Å². The van der Waals surface area contributed by atoms with Crippen molar-refractivity contribution in [3.05, 3.63) is 49.4 Å². The van der Waals surface area contributed by atoms with Gasteiger partial charge in [0, 0.05) is 22.7 Å². The number of rotatable bonds is 7. The van der Waals surface area contributed by atoms with Crippen molar-refractivity contribution >= 4 is 56.6 Å². The third-order valence-electron chi connectivity index (χ3n) is 3.34. The zero-order valence-corrected chi connectivity index (χ0v) is 17.7. The zero-order chi connectivity index (χ0) is 19.3. The van der Waals surface area contributed by atoms with Crippen molar-refractivity contribution in [2.75, 3.05) is 20.8 Å². The highest BCUT2D eigenvalue weighted by molar-refractivity contribution is 9.10. The molecule has 0 spiro atoms. The maximum atomic E-state index is 12.0. The predicted molar refractivity (Wildman–Crippen MR) is 106 cm³/mol. The molecular formula is C17H15BrCl3NO4. The van der Waals surface area contributed by atoms with E-state index in [0.29, 0.717) is 42.4 Å². The van der Waals surface area contributed by atoms with Crippen LogP contribution in [0.2, 0.25) is 15.1 Å². The van der Waals surface area contributed by atoms with Gasteiger partial charge in [0.25, 0.3) is 5.91 Å². The van der Waals surface area contributed by atoms with E-state index in [9.17, 15) is 4.79 Å². The predicted octanol–water partition coefficient (Wildman–Crippen LogP) is 5.12. The topological polar surface area (TPSA) is 56.8 Å². The van der Waals surface area contributed by atoms with Crippen molar-refractivity contribution in [3.63, 3.8) is 0 Å². The van der Waals surface area contributed by atoms with Gasteiger partial charge in [0.15, 0.2) is 23.9 Å². The first-order chi connectivity index (χ1) is 12.3. The second kappa shape index (κ2) is 9.55. The maximum Gasteiger partial charge on any atom is 0.258 e. The number of hydrogen-bond acceptors (Lipinski definition) is 4. The average Bonchev–Trinajstić information content (AvgIpc) is 2.59. The Balaban J connectivity index is 1.97. The van der Waals surface area contributed by atoms with Crippen molar-refractivity contribution in [1.82, 2.24) is 5.32 Å². The maximum absolute atomic E-state index is 12.0. The van der Waals surface area contributed by atoms with Crippen LogP contribution in [-0.2, 0) is 11.3 Å². The molecule has 140 valence electrons. The second-order valence-electron chi connectivity index (χ2n) is 5.06. The molecule has 0 heterocycles. The van der Waals surface area contributed by atoms with Crippen LogP contribution >= 0.6 is 50.7 Å². The second-order valence-corrected chi connectivity index (χ2v) is 7.17. The van der Waals surface area contributed by atoms with Gasteiger partial charge in [0.05, 0.1) is 23.7 Å². The fraction of sp³-hybridized carbons (Fsp3) is 0.235. The highest BCUT2D eigenvalue weighted by atomic mass is 79.9. The molecule has 0 aromatic heterocycles. The molecule has 5 nitrogen and oxygen atoms in total. The van der Waals surface area contributed by atoms with E-state index in [-0.39, 0.29) is 19.1 Å². The molecule has 0 aliphatic rings. The van der Waals surface area contributed by atoms with E-state index < -0.39 is 0 Å². The Bertz CT molecular complexity index is 794. The number of benzene rings is 2. The molecule has 0 atom stereocenters. The first-order valence-electron chi connectivity index (χ1n) is 7.30. The van der Waals surface area contributed by atoms with Crippen LogP contribution in [0, 0.1) is 0 Å². The van der Waals surface area contributed by atoms with Crippen LogP contribution in [0.15, 0.2) is 28.7 Å². The third kappa shape index (κ3) is 5.33. The third-order valence-corrected chi connectivity index (χ3v) is 4.78. The van der Waals surface area contributed by atoms with Crippen molar-refractivity contribution < 1.29 is 19.0 Å². The van der Waals surface area contributed by atoms with Crippen LogP contribution in [0.3, 0.4) is 0 Å². The molecular weight excluding hydrogens is 468 g/mol. The van der Waals surface area contributed by atoms with Crippen molar-refractivity contribution in [2.45, 2.75) is 6.54 Å². The smallest absolute Gasteiger partial charge is 0.258 e. The molecule has 0 aliphatic carbocycles. The van der Waals surface area contributed by atoms with E-state index in [4.69, 9.17) is 49.0 Å². The van der Waals surface area contributed by atoms with Gasteiger partial charge in [-0.1, -0.05) is 34.8 Å². The monoisotopic (exact) mass is 481 g/mol. The lowest BCUT2D eigenvalue weighted by Crippen LogP contribution is -2.28. The average molecular weight is 484 g/mol. The minimum absolute atomic E-state index is 0.205. The summed E-state index contributed by atoms with van der Waals surface area (Å²) in [7, 11) is 3.04. The largest absolute Gasteiger partial charge is 0.493 e. The lowest BCUT2D eigenvalue weighted by Gasteiger charge is -2.13.